The standard InChI is InChI=1S/C24H30FN5O2/c1-17(10-11-26)32-23(18(2)31)15-29-24(30-12-4-6-22(28)16-30)7-3-5-19-13-21(25)9-8-20(19)14-27/h8-9,13,15,17,22H,3-7,10,12,16,28H2,1-2H3/b23-15+,29-24+/t17?,22-/m1/s1. The highest BCUT2D eigenvalue weighted by Crippen LogP contribution is 2.17. The predicted molar refractivity (Wildman–Crippen MR) is 120 cm³/mol. The number of carbonyl (C=O) groups is 1. The van der Waals surface area contributed by atoms with E-state index in [1.165, 1.54) is 31.3 Å². The van der Waals surface area contributed by atoms with Gasteiger partial charge in [0.15, 0.2) is 11.5 Å². The number of hydrogen-bond acceptors (Lipinski definition) is 6. The maximum atomic E-state index is 13.6. The van der Waals surface area contributed by atoms with Crippen molar-refractivity contribution in [2.24, 2.45) is 10.7 Å². The number of aryl methyl sites for hydroxylation is 1. The van der Waals surface area contributed by atoms with Crippen molar-refractivity contribution < 1.29 is 13.9 Å². The lowest BCUT2D eigenvalue weighted by Gasteiger charge is -2.33. The first-order valence-corrected chi connectivity index (χ1v) is 10.8. The molecule has 8 heteroatoms. The van der Waals surface area contributed by atoms with E-state index >= 15 is 0 Å². The second kappa shape index (κ2) is 12.6. The Morgan fingerprint density at radius 1 is 1.47 bits per heavy atom. The Hall–Kier alpha value is -3.23. The third-order valence-corrected chi connectivity index (χ3v) is 5.24. The number of amidine groups is 1. The Labute approximate surface area is 189 Å². The molecule has 1 aliphatic heterocycles. The second-order valence-corrected chi connectivity index (χ2v) is 8.00. The summed E-state index contributed by atoms with van der Waals surface area (Å²) >= 11 is 0. The quantitative estimate of drug-likeness (QED) is 0.272. The number of nitrogens with zero attached hydrogens (tertiary/aromatic N) is 4. The van der Waals surface area contributed by atoms with E-state index < -0.39 is 6.10 Å². The zero-order valence-corrected chi connectivity index (χ0v) is 18.7. The minimum absolute atomic E-state index is 0.0468. The van der Waals surface area contributed by atoms with Crippen LogP contribution >= 0.6 is 0 Å². The highest BCUT2D eigenvalue weighted by molar-refractivity contribution is 5.92. The fourth-order valence-corrected chi connectivity index (χ4v) is 3.59. The van der Waals surface area contributed by atoms with Gasteiger partial charge in [-0.3, -0.25) is 4.79 Å². The summed E-state index contributed by atoms with van der Waals surface area (Å²) in [5.41, 5.74) is 7.27. The molecule has 1 saturated heterocycles. The minimum Gasteiger partial charge on any atom is -0.484 e. The summed E-state index contributed by atoms with van der Waals surface area (Å²) in [6.45, 7) is 4.59. The molecular formula is C24H30FN5O2. The molecule has 2 rings (SSSR count). The first-order valence-electron chi connectivity index (χ1n) is 10.8. The zero-order valence-electron chi connectivity index (χ0n) is 18.7. The number of ketones is 1. The molecule has 1 aliphatic rings. The van der Waals surface area contributed by atoms with Gasteiger partial charge in [0.05, 0.1) is 30.3 Å². The van der Waals surface area contributed by atoms with Crippen LogP contribution in [0.3, 0.4) is 0 Å². The van der Waals surface area contributed by atoms with Gasteiger partial charge in [-0.1, -0.05) is 0 Å². The number of hydrogen-bond donors (Lipinski definition) is 1. The summed E-state index contributed by atoms with van der Waals surface area (Å²) in [7, 11) is 0. The largest absolute Gasteiger partial charge is 0.484 e. The molecule has 0 spiro atoms. The second-order valence-electron chi connectivity index (χ2n) is 8.00. The van der Waals surface area contributed by atoms with Gasteiger partial charge in [0.2, 0.25) is 0 Å². The summed E-state index contributed by atoms with van der Waals surface area (Å²) in [5, 5.41) is 18.1. The highest BCUT2D eigenvalue weighted by atomic mass is 19.1. The Bertz CT molecular complexity index is 945. The molecule has 0 aromatic heterocycles. The van der Waals surface area contributed by atoms with Crippen molar-refractivity contribution in [2.75, 3.05) is 13.1 Å². The Kier molecular flexibility index (Phi) is 9.84. The number of aliphatic imine (C=N–C) groups is 1. The molecule has 1 fully saturated rings. The van der Waals surface area contributed by atoms with Crippen LogP contribution in [0, 0.1) is 28.5 Å². The van der Waals surface area contributed by atoms with E-state index in [0.717, 1.165) is 25.2 Å². The monoisotopic (exact) mass is 439 g/mol. The molecule has 1 aromatic rings. The van der Waals surface area contributed by atoms with Gasteiger partial charge in [0.25, 0.3) is 0 Å². The lowest BCUT2D eigenvalue weighted by Crippen LogP contribution is -2.45. The topological polar surface area (TPSA) is 116 Å². The van der Waals surface area contributed by atoms with Crippen LogP contribution in [-0.2, 0) is 16.0 Å². The first-order chi connectivity index (χ1) is 15.3. The number of nitrogens with two attached hydrogens (primary N) is 1. The molecule has 2 atom stereocenters. The van der Waals surface area contributed by atoms with Gasteiger partial charge in [-0.15, -0.1) is 0 Å². The number of Topliss-reactive ketones (excluding diaryl/α,β-unsaturated/α-hetero) is 1. The van der Waals surface area contributed by atoms with Crippen LogP contribution < -0.4 is 5.73 Å². The molecule has 0 saturated carbocycles. The molecule has 0 amide bonds. The van der Waals surface area contributed by atoms with E-state index in [4.69, 9.17) is 15.7 Å². The van der Waals surface area contributed by atoms with Crippen molar-refractivity contribution >= 4 is 11.6 Å². The number of piperidine rings is 1. The van der Waals surface area contributed by atoms with Crippen LogP contribution in [0.25, 0.3) is 0 Å². The van der Waals surface area contributed by atoms with Gasteiger partial charge < -0.3 is 15.4 Å². The Morgan fingerprint density at radius 2 is 2.25 bits per heavy atom. The molecule has 1 aromatic carbocycles. The van der Waals surface area contributed by atoms with Crippen molar-refractivity contribution in [1.82, 2.24) is 4.90 Å². The predicted octanol–water partition coefficient (Wildman–Crippen LogP) is 3.59. The Balaban J connectivity index is 2.20. The smallest absolute Gasteiger partial charge is 0.195 e. The van der Waals surface area contributed by atoms with Crippen molar-refractivity contribution in [1.29, 1.82) is 10.5 Å². The van der Waals surface area contributed by atoms with E-state index in [1.807, 2.05) is 6.07 Å². The van der Waals surface area contributed by atoms with Gasteiger partial charge >= 0.3 is 0 Å². The molecule has 1 unspecified atom stereocenters. The molecule has 32 heavy (non-hydrogen) atoms. The number of rotatable bonds is 9. The van der Waals surface area contributed by atoms with E-state index in [-0.39, 0.29) is 29.8 Å². The van der Waals surface area contributed by atoms with Gasteiger partial charge in [-0.05, 0) is 56.4 Å². The summed E-state index contributed by atoms with van der Waals surface area (Å²) in [6, 6.07) is 8.33. The van der Waals surface area contributed by atoms with Crippen LogP contribution in [0.5, 0.6) is 0 Å². The molecule has 0 radical (unpaired) electrons. The van der Waals surface area contributed by atoms with E-state index in [0.29, 0.717) is 36.9 Å². The van der Waals surface area contributed by atoms with Crippen LogP contribution in [0.4, 0.5) is 4.39 Å². The number of likely N-dealkylation sites (tertiary alicyclic amines) is 1. The minimum atomic E-state index is -0.422. The van der Waals surface area contributed by atoms with Gasteiger partial charge in [0.1, 0.15) is 17.8 Å². The Morgan fingerprint density at radius 3 is 2.91 bits per heavy atom. The van der Waals surface area contributed by atoms with Crippen LogP contribution in [0.1, 0.15) is 57.1 Å². The average Bonchev–Trinajstić information content (AvgIpc) is 2.75. The summed E-state index contributed by atoms with van der Waals surface area (Å²) in [4.78, 5) is 18.7. The van der Waals surface area contributed by atoms with Crippen molar-refractivity contribution in [3.63, 3.8) is 0 Å². The maximum Gasteiger partial charge on any atom is 0.195 e. The van der Waals surface area contributed by atoms with Gasteiger partial charge in [0, 0.05) is 32.5 Å². The van der Waals surface area contributed by atoms with Gasteiger partial charge in [-0.25, -0.2) is 9.38 Å². The summed E-state index contributed by atoms with van der Waals surface area (Å²) in [5.74, 6) is 0.230. The average molecular weight is 440 g/mol. The third kappa shape index (κ3) is 7.79. The number of nitriles is 2. The molecule has 7 nitrogen and oxygen atoms in total. The number of allylic oxidation sites excluding steroid dienone is 1. The molecule has 170 valence electrons. The SMILES string of the molecule is CC(=O)/C(=C\N=C(/CCCc1cc(F)ccc1C#N)N1CCC[C@@H](N)C1)OC(C)CC#N. The van der Waals surface area contributed by atoms with Gasteiger partial charge in [-0.2, -0.15) is 10.5 Å². The zero-order chi connectivity index (χ0) is 23.5. The van der Waals surface area contributed by atoms with Crippen LogP contribution in [0.15, 0.2) is 35.2 Å². The molecular weight excluding hydrogens is 409 g/mol. The lowest BCUT2D eigenvalue weighted by atomic mass is 10.0. The van der Waals surface area contributed by atoms with Crippen LogP contribution in [0.2, 0.25) is 0 Å². The van der Waals surface area contributed by atoms with Crippen LogP contribution in [-0.4, -0.2) is 41.8 Å². The molecule has 0 bridgehead atoms. The normalized spacial score (nSPS) is 17.9. The number of benzene rings is 1. The number of halogens is 1. The first kappa shape index (κ1) is 25.0. The fraction of sp³-hybridized carbons (Fsp3) is 0.500. The fourth-order valence-electron chi connectivity index (χ4n) is 3.59. The number of ether oxygens (including phenoxy) is 1. The summed E-state index contributed by atoms with van der Waals surface area (Å²) < 4.78 is 19.2. The maximum absolute atomic E-state index is 13.6. The van der Waals surface area contributed by atoms with Crippen molar-refractivity contribution in [2.45, 2.75) is 64.5 Å². The summed E-state index contributed by atoms with van der Waals surface area (Å²) in [6.07, 6.45) is 4.80. The third-order valence-electron chi connectivity index (χ3n) is 5.24. The molecule has 0 aliphatic carbocycles. The van der Waals surface area contributed by atoms with Crippen molar-refractivity contribution in [3.05, 3.63) is 47.1 Å². The highest BCUT2D eigenvalue weighted by Gasteiger charge is 2.20. The van der Waals surface area contributed by atoms with E-state index in [1.54, 1.807) is 6.92 Å². The lowest BCUT2D eigenvalue weighted by molar-refractivity contribution is -0.117. The number of carbonyl (C=O) groups excluding carboxylic acids is 1. The molecule has 1 heterocycles. The molecule has 2 N–H and O–H groups in total. The van der Waals surface area contributed by atoms with E-state index in [9.17, 15) is 14.4 Å². The van der Waals surface area contributed by atoms with E-state index in [2.05, 4.69) is 16.0 Å². The van der Waals surface area contributed by atoms with Crippen molar-refractivity contribution in [3.8, 4) is 12.1 Å².